The molecule has 6 nitrogen and oxygen atoms in total. The molecule has 0 aromatic carbocycles. The first-order chi connectivity index (χ1) is 11.5. The third-order valence-corrected chi connectivity index (χ3v) is 5.34. The number of anilines is 1. The monoisotopic (exact) mass is 363 g/mol. The Kier molecular flexibility index (Phi) is 6.26. The molecule has 2 atom stereocenters. The van der Waals surface area contributed by atoms with Crippen molar-refractivity contribution in [2.45, 2.75) is 38.1 Å². The Morgan fingerprint density at radius 3 is 2.72 bits per heavy atom. The summed E-state index contributed by atoms with van der Waals surface area (Å²) >= 11 is 0. The van der Waals surface area contributed by atoms with Gasteiger partial charge in [-0.3, -0.25) is 4.79 Å². The standard InChI is InChI=1S/C18H25N5O.ClH/c1-18(20)6-3-2-4-15(18)17(24)23-10-8-22(9-11-23)16-12-14(13-19)5-7-21-16;/h5,7,12,15H,2-4,6,8-11,20H2,1H3;1H. The van der Waals surface area contributed by atoms with E-state index in [0.29, 0.717) is 18.7 Å². The maximum absolute atomic E-state index is 12.9. The lowest BCUT2D eigenvalue weighted by molar-refractivity contribution is -0.139. The van der Waals surface area contributed by atoms with Gasteiger partial charge in [0.15, 0.2) is 0 Å². The van der Waals surface area contributed by atoms with Gasteiger partial charge in [0.25, 0.3) is 0 Å². The second kappa shape index (κ2) is 8.03. The molecule has 2 unspecified atom stereocenters. The summed E-state index contributed by atoms with van der Waals surface area (Å²) in [5.74, 6) is 0.957. The summed E-state index contributed by atoms with van der Waals surface area (Å²) in [6.45, 7) is 4.86. The van der Waals surface area contributed by atoms with Crippen LogP contribution in [0, 0.1) is 17.2 Å². The summed E-state index contributed by atoms with van der Waals surface area (Å²) in [4.78, 5) is 21.3. The van der Waals surface area contributed by atoms with E-state index in [-0.39, 0.29) is 29.8 Å². The molecule has 2 heterocycles. The van der Waals surface area contributed by atoms with Crippen LogP contribution in [0.2, 0.25) is 0 Å². The maximum atomic E-state index is 12.9. The molecule has 1 saturated heterocycles. The number of nitriles is 1. The zero-order valence-corrected chi connectivity index (χ0v) is 15.5. The van der Waals surface area contributed by atoms with Crippen LogP contribution in [0.1, 0.15) is 38.2 Å². The predicted octanol–water partition coefficient (Wildman–Crippen LogP) is 1.93. The van der Waals surface area contributed by atoms with E-state index >= 15 is 0 Å². The van der Waals surface area contributed by atoms with Crippen molar-refractivity contribution in [1.82, 2.24) is 9.88 Å². The Bertz CT molecular complexity index is 649. The number of nitrogens with two attached hydrogens (primary N) is 1. The lowest BCUT2D eigenvalue weighted by Crippen LogP contribution is -2.57. The molecule has 3 rings (SSSR count). The molecule has 7 heteroatoms. The van der Waals surface area contributed by atoms with Crippen molar-refractivity contribution in [2.24, 2.45) is 11.7 Å². The van der Waals surface area contributed by atoms with Crippen LogP contribution in [0.25, 0.3) is 0 Å². The van der Waals surface area contributed by atoms with Gasteiger partial charge in [-0.05, 0) is 31.9 Å². The number of piperazine rings is 1. The highest BCUT2D eigenvalue weighted by atomic mass is 35.5. The number of rotatable bonds is 2. The molecular weight excluding hydrogens is 338 g/mol. The van der Waals surface area contributed by atoms with Crippen molar-refractivity contribution in [3.8, 4) is 6.07 Å². The quantitative estimate of drug-likeness (QED) is 0.867. The zero-order chi connectivity index (χ0) is 17.2. The number of halogens is 1. The largest absolute Gasteiger partial charge is 0.353 e. The van der Waals surface area contributed by atoms with E-state index in [4.69, 9.17) is 11.0 Å². The molecule has 0 bridgehead atoms. The molecular formula is C18H26ClN5O. The van der Waals surface area contributed by atoms with Crippen LogP contribution in [0.3, 0.4) is 0 Å². The SMILES string of the molecule is CC1(N)CCCCC1C(=O)N1CCN(c2cc(C#N)ccn2)CC1.Cl. The van der Waals surface area contributed by atoms with E-state index in [1.807, 2.05) is 11.8 Å². The van der Waals surface area contributed by atoms with E-state index in [1.165, 1.54) is 0 Å². The van der Waals surface area contributed by atoms with Crippen LogP contribution in [0.5, 0.6) is 0 Å². The maximum Gasteiger partial charge on any atom is 0.227 e. The van der Waals surface area contributed by atoms with Crippen LogP contribution < -0.4 is 10.6 Å². The van der Waals surface area contributed by atoms with Gasteiger partial charge in [-0.2, -0.15) is 5.26 Å². The highest BCUT2D eigenvalue weighted by Crippen LogP contribution is 2.33. The van der Waals surface area contributed by atoms with Gasteiger partial charge >= 0.3 is 0 Å². The molecule has 1 aliphatic carbocycles. The van der Waals surface area contributed by atoms with Gasteiger partial charge in [0.05, 0.1) is 17.6 Å². The van der Waals surface area contributed by atoms with E-state index in [1.54, 1.807) is 18.3 Å². The minimum absolute atomic E-state index is 0. The molecule has 2 fully saturated rings. The zero-order valence-electron chi connectivity index (χ0n) is 14.6. The molecule has 2 aliphatic rings. The van der Waals surface area contributed by atoms with Gasteiger partial charge in [-0.25, -0.2) is 4.98 Å². The number of pyridine rings is 1. The molecule has 25 heavy (non-hydrogen) atoms. The van der Waals surface area contributed by atoms with Gasteiger partial charge in [-0.15, -0.1) is 12.4 Å². The molecule has 1 aromatic rings. The van der Waals surface area contributed by atoms with Crippen molar-refractivity contribution in [3.05, 3.63) is 23.9 Å². The summed E-state index contributed by atoms with van der Waals surface area (Å²) in [6.07, 6.45) is 5.69. The Labute approximate surface area is 155 Å². The Balaban J connectivity index is 0.00000225. The van der Waals surface area contributed by atoms with Crippen LogP contribution >= 0.6 is 12.4 Å². The average Bonchev–Trinajstić information content (AvgIpc) is 2.61. The molecule has 2 N–H and O–H groups in total. The number of nitrogens with zero attached hydrogens (tertiary/aromatic N) is 4. The minimum Gasteiger partial charge on any atom is -0.353 e. The Hall–Kier alpha value is -1.84. The topological polar surface area (TPSA) is 86.3 Å². The second-order valence-corrected chi connectivity index (χ2v) is 7.13. The van der Waals surface area contributed by atoms with Crippen molar-refractivity contribution in [2.75, 3.05) is 31.1 Å². The summed E-state index contributed by atoms with van der Waals surface area (Å²) in [5, 5.41) is 9.01. The molecule has 1 amide bonds. The first-order valence-electron chi connectivity index (χ1n) is 8.70. The summed E-state index contributed by atoms with van der Waals surface area (Å²) in [5.41, 5.74) is 6.61. The number of carbonyl (C=O) groups is 1. The lowest BCUT2D eigenvalue weighted by Gasteiger charge is -2.42. The number of amides is 1. The van der Waals surface area contributed by atoms with Gasteiger partial charge in [0, 0.05) is 37.9 Å². The highest BCUT2D eigenvalue weighted by molar-refractivity contribution is 5.85. The van der Waals surface area contributed by atoms with Crippen molar-refractivity contribution in [1.29, 1.82) is 5.26 Å². The first kappa shape index (κ1) is 19.5. The van der Waals surface area contributed by atoms with E-state index in [9.17, 15) is 4.79 Å². The molecule has 1 aliphatic heterocycles. The molecule has 0 radical (unpaired) electrons. The first-order valence-corrected chi connectivity index (χ1v) is 8.70. The van der Waals surface area contributed by atoms with E-state index in [2.05, 4.69) is 16.0 Å². The second-order valence-electron chi connectivity index (χ2n) is 7.13. The highest BCUT2D eigenvalue weighted by Gasteiger charge is 2.40. The van der Waals surface area contributed by atoms with E-state index < -0.39 is 0 Å². The fourth-order valence-electron chi connectivity index (χ4n) is 3.80. The summed E-state index contributed by atoms with van der Waals surface area (Å²) in [6, 6.07) is 5.64. The minimum atomic E-state index is -0.380. The smallest absolute Gasteiger partial charge is 0.227 e. The molecule has 1 saturated carbocycles. The summed E-state index contributed by atoms with van der Waals surface area (Å²) in [7, 11) is 0. The van der Waals surface area contributed by atoms with Gasteiger partial charge in [0.1, 0.15) is 5.82 Å². The Morgan fingerprint density at radius 1 is 1.36 bits per heavy atom. The van der Waals surface area contributed by atoms with Gasteiger partial charge < -0.3 is 15.5 Å². The predicted molar refractivity (Wildman–Crippen MR) is 99.5 cm³/mol. The Morgan fingerprint density at radius 2 is 2.08 bits per heavy atom. The third kappa shape index (κ3) is 4.23. The van der Waals surface area contributed by atoms with Gasteiger partial charge in [0.2, 0.25) is 5.91 Å². The van der Waals surface area contributed by atoms with Crippen LogP contribution in [-0.4, -0.2) is 47.5 Å². The van der Waals surface area contributed by atoms with Crippen LogP contribution in [0.15, 0.2) is 18.3 Å². The van der Waals surface area contributed by atoms with E-state index in [0.717, 1.165) is 44.6 Å². The third-order valence-electron chi connectivity index (χ3n) is 5.34. The van der Waals surface area contributed by atoms with Gasteiger partial charge in [-0.1, -0.05) is 12.8 Å². The molecule has 136 valence electrons. The van der Waals surface area contributed by atoms with Crippen molar-refractivity contribution in [3.63, 3.8) is 0 Å². The number of hydrogen-bond donors (Lipinski definition) is 1. The fourth-order valence-corrected chi connectivity index (χ4v) is 3.80. The normalized spacial score (nSPS) is 26.5. The number of carbonyl (C=O) groups excluding carboxylic acids is 1. The molecule has 0 spiro atoms. The lowest BCUT2D eigenvalue weighted by atomic mass is 9.74. The van der Waals surface area contributed by atoms with Crippen molar-refractivity contribution >= 4 is 24.1 Å². The fraction of sp³-hybridized carbons (Fsp3) is 0.611. The molecule has 1 aromatic heterocycles. The van der Waals surface area contributed by atoms with Crippen molar-refractivity contribution < 1.29 is 4.79 Å². The number of aromatic nitrogens is 1. The summed E-state index contributed by atoms with van der Waals surface area (Å²) < 4.78 is 0. The van der Waals surface area contributed by atoms with Crippen LogP contribution in [0.4, 0.5) is 5.82 Å². The van der Waals surface area contributed by atoms with Crippen LogP contribution in [-0.2, 0) is 4.79 Å². The average molecular weight is 364 g/mol. The number of hydrogen-bond acceptors (Lipinski definition) is 5.